The molecule has 0 saturated heterocycles. The summed E-state index contributed by atoms with van der Waals surface area (Å²) in [7, 11) is 0.475. The van der Waals surface area contributed by atoms with Crippen molar-refractivity contribution in [3.05, 3.63) is 41.5 Å². The molecule has 29 heavy (non-hydrogen) atoms. The standard InChI is InChI=1S/C20H23O8P/c1-24-16-9-13(10-17(25-2)20(16)26-3)18(21)14-8-12-6-5-7-15(19(12)27-11-14)28-29(4,22)23/h5-7,9-10,14H,8,11H2,1-4H3,(H,22,23)/p-1. The zero-order valence-corrected chi connectivity index (χ0v) is 17.5. The number of rotatable bonds is 7. The lowest BCUT2D eigenvalue weighted by atomic mass is 9.89. The Labute approximate surface area is 168 Å². The molecule has 1 heterocycles. The summed E-state index contributed by atoms with van der Waals surface area (Å²) in [5.41, 5.74) is 1.11. The van der Waals surface area contributed by atoms with E-state index in [0.717, 1.165) is 6.66 Å². The zero-order chi connectivity index (χ0) is 21.2. The summed E-state index contributed by atoms with van der Waals surface area (Å²) in [6.07, 6.45) is 0.384. The van der Waals surface area contributed by atoms with Crippen molar-refractivity contribution in [2.24, 2.45) is 5.92 Å². The molecule has 0 aromatic heterocycles. The Balaban J connectivity index is 1.88. The molecule has 0 aliphatic carbocycles. The molecule has 0 radical (unpaired) electrons. The Morgan fingerprint density at radius 2 is 1.76 bits per heavy atom. The number of ketones is 1. The van der Waals surface area contributed by atoms with Gasteiger partial charge < -0.3 is 28.4 Å². The van der Waals surface area contributed by atoms with Crippen LogP contribution in [-0.4, -0.2) is 40.4 Å². The van der Waals surface area contributed by atoms with Gasteiger partial charge in [0.1, 0.15) is 0 Å². The Morgan fingerprint density at radius 3 is 2.31 bits per heavy atom. The van der Waals surface area contributed by atoms with Crippen LogP contribution in [0.25, 0.3) is 0 Å². The van der Waals surface area contributed by atoms with Crippen molar-refractivity contribution in [3.8, 4) is 28.7 Å². The molecule has 1 aliphatic heterocycles. The van der Waals surface area contributed by atoms with E-state index in [2.05, 4.69) is 0 Å². The molecule has 0 spiro atoms. The number of ether oxygens (including phenoxy) is 4. The minimum absolute atomic E-state index is 0.0930. The molecule has 0 saturated carbocycles. The second-order valence-electron chi connectivity index (χ2n) is 6.60. The van der Waals surface area contributed by atoms with Crippen LogP contribution in [0.4, 0.5) is 0 Å². The minimum atomic E-state index is -3.98. The van der Waals surface area contributed by atoms with Gasteiger partial charge in [0.2, 0.25) is 5.75 Å². The summed E-state index contributed by atoms with van der Waals surface area (Å²) in [5.74, 6) is 1.04. The summed E-state index contributed by atoms with van der Waals surface area (Å²) < 4.78 is 38.1. The van der Waals surface area contributed by atoms with Gasteiger partial charge in [0.25, 0.3) is 0 Å². The fourth-order valence-corrected chi connectivity index (χ4v) is 3.77. The number of carbonyl (C=O) groups excluding carboxylic acids is 1. The number of benzene rings is 2. The second kappa shape index (κ2) is 8.35. The molecule has 2 atom stereocenters. The minimum Gasteiger partial charge on any atom is -0.769 e. The number of para-hydroxylation sites is 1. The SMILES string of the molecule is COc1cc(C(=O)C2COc3c(cccc3OP(C)(=O)[O-])C2)cc(OC)c1OC. The fraction of sp³-hybridized carbons (Fsp3) is 0.350. The molecule has 2 aromatic carbocycles. The van der Waals surface area contributed by atoms with Crippen molar-refractivity contribution < 1.29 is 37.7 Å². The largest absolute Gasteiger partial charge is 0.769 e. The number of hydrogen-bond donors (Lipinski definition) is 0. The van der Waals surface area contributed by atoms with Crippen LogP contribution in [-0.2, 0) is 11.0 Å². The number of carbonyl (C=O) groups is 1. The first-order valence-corrected chi connectivity index (χ1v) is 10.8. The van der Waals surface area contributed by atoms with Crippen molar-refractivity contribution >= 4 is 13.4 Å². The highest BCUT2D eigenvalue weighted by atomic mass is 31.2. The van der Waals surface area contributed by atoms with Gasteiger partial charge in [-0.1, -0.05) is 12.1 Å². The second-order valence-corrected chi connectivity index (χ2v) is 8.32. The molecule has 1 aliphatic rings. The molecule has 2 aromatic rings. The number of fused-ring (bicyclic) bond motifs is 1. The highest BCUT2D eigenvalue weighted by molar-refractivity contribution is 7.50. The van der Waals surface area contributed by atoms with E-state index in [-0.39, 0.29) is 18.1 Å². The average Bonchev–Trinajstić information content (AvgIpc) is 2.70. The van der Waals surface area contributed by atoms with Crippen LogP contribution in [0.15, 0.2) is 30.3 Å². The lowest BCUT2D eigenvalue weighted by molar-refractivity contribution is -0.189. The molecule has 2 unspecified atom stereocenters. The fourth-order valence-electron chi connectivity index (χ4n) is 3.27. The zero-order valence-electron chi connectivity index (χ0n) is 16.6. The van der Waals surface area contributed by atoms with Crippen LogP contribution in [0.1, 0.15) is 15.9 Å². The molecule has 0 fully saturated rings. The summed E-state index contributed by atoms with van der Waals surface area (Å²) in [5, 5.41) is 0. The van der Waals surface area contributed by atoms with Crippen LogP contribution in [0.5, 0.6) is 28.7 Å². The van der Waals surface area contributed by atoms with Crippen molar-refractivity contribution in [1.29, 1.82) is 0 Å². The van der Waals surface area contributed by atoms with Gasteiger partial charge in [-0.15, -0.1) is 0 Å². The molecule has 0 amide bonds. The predicted octanol–water partition coefficient (Wildman–Crippen LogP) is 2.71. The highest BCUT2D eigenvalue weighted by Gasteiger charge is 2.30. The maximum absolute atomic E-state index is 13.1. The molecule has 9 heteroatoms. The summed E-state index contributed by atoms with van der Waals surface area (Å²) in [4.78, 5) is 24.6. The van der Waals surface area contributed by atoms with Crippen molar-refractivity contribution in [1.82, 2.24) is 0 Å². The molecular weight excluding hydrogens is 399 g/mol. The molecule has 8 nitrogen and oxygen atoms in total. The van der Waals surface area contributed by atoms with Crippen LogP contribution in [0.2, 0.25) is 0 Å². The normalized spacial score (nSPS) is 17.3. The van der Waals surface area contributed by atoms with Gasteiger partial charge in [0, 0.05) is 12.2 Å². The Bertz CT molecular complexity index is 940. The quantitative estimate of drug-likeness (QED) is 0.497. The van der Waals surface area contributed by atoms with E-state index in [0.29, 0.717) is 40.5 Å². The van der Waals surface area contributed by atoms with E-state index in [1.165, 1.54) is 27.4 Å². The maximum Gasteiger partial charge on any atom is 0.203 e. The smallest absolute Gasteiger partial charge is 0.203 e. The van der Waals surface area contributed by atoms with E-state index >= 15 is 0 Å². The Hall–Kier alpha value is -2.70. The van der Waals surface area contributed by atoms with E-state index in [1.807, 2.05) is 0 Å². The van der Waals surface area contributed by atoms with Gasteiger partial charge in [0.05, 0.1) is 33.9 Å². The predicted molar refractivity (Wildman–Crippen MR) is 104 cm³/mol. The maximum atomic E-state index is 13.1. The number of Topliss-reactive ketones (excluding diaryl/α,β-unsaturated/α-hetero) is 1. The average molecular weight is 421 g/mol. The van der Waals surface area contributed by atoms with Crippen molar-refractivity contribution in [2.75, 3.05) is 34.6 Å². The first-order valence-electron chi connectivity index (χ1n) is 8.84. The summed E-state index contributed by atoms with van der Waals surface area (Å²) in [6, 6.07) is 8.17. The van der Waals surface area contributed by atoms with E-state index in [1.54, 1.807) is 24.3 Å². The summed E-state index contributed by atoms with van der Waals surface area (Å²) >= 11 is 0. The van der Waals surface area contributed by atoms with E-state index < -0.39 is 13.5 Å². The lowest BCUT2D eigenvalue weighted by Gasteiger charge is -2.28. The third-order valence-electron chi connectivity index (χ3n) is 4.54. The number of hydrogen-bond acceptors (Lipinski definition) is 8. The first kappa shape index (κ1) is 21.0. The molecule has 156 valence electrons. The third kappa shape index (κ3) is 4.49. The molecule has 0 bridgehead atoms. The number of methoxy groups -OCH3 is 3. The van der Waals surface area contributed by atoms with Gasteiger partial charge >= 0.3 is 0 Å². The Kier molecular flexibility index (Phi) is 6.05. The molecular formula is C20H22O8P-. The topological polar surface area (TPSA) is 103 Å². The Morgan fingerprint density at radius 1 is 1.10 bits per heavy atom. The first-order chi connectivity index (χ1) is 13.8. The molecule has 3 rings (SSSR count). The van der Waals surface area contributed by atoms with Crippen molar-refractivity contribution in [3.63, 3.8) is 0 Å². The van der Waals surface area contributed by atoms with Crippen LogP contribution < -0.4 is 28.4 Å². The molecule has 0 N–H and O–H groups in total. The van der Waals surface area contributed by atoms with Crippen LogP contribution in [0, 0.1) is 5.92 Å². The van der Waals surface area contributed by atoms with E-state index in [4.69, 9.17) is 23.5 Å². The van der Waals surface area contributed by atoms with Gasteiger partial charge in [-0.2, -0.15) is 0 Å². The van der Waals surface area contributed by atoms with Crippen LogP contribution >= 0.6 is 7.60 Å². The van der Waals surface area contributed by atoms with Gasteiger partial charge in [-0.05, 0) is 30.2 Å². The highest BCUT2D eigenvalue weighted by Crippen LogP contribution is 2.44. The lowest BCUT2D eigenvalue weighted by Crippen LogP contribution is -2.28. The third-order valence-corrected chi connectivity index (χ3v) is 5.07. The van der Waals surface area contributed by atoms with Gasteiger partial charge in [-0.25, -0.2) is 0 Å². The van der Waals surface area contributed by atoms with E-state index in [9.17, 15) is 14.3 Å². The summed E-state index contributed by atoms with van der Waals surface area (Å²) in [6.45, 7) is 1.09. The van der Waals surface area contributed by atoms with Crippen LogP contribution in [0.3, 0.4) is 0 Å². The monoisotopic (exact) mass is 421 g/mol. The van der Waals surface area contributed by atoms with Gasteiger partial charge in [0.15, 0.2) is 36.4 Å². The van der Waals surface area contributed by atoms with Crippen molar-refractivity contribution in [2.45, 2.75) is 6.42 Å². The van der Waals surface area contributed by atoms with Gasteiger partial charge in [-0.3, -0.25) is 9.36 Å².